The molecule has 1 aliphatic carbocycles. The van der Waals surface area contributed by atoms with Crippen LogP contribution in [0, 0.1) is 0 Å². The van der Waals surface area contributed by atoms with Gasteiger partial charge in [-0.2, -0.15) is 0 Å². The molecule has 0 atom stereocenters. The molecule has 0 aromatic carbocycles. The van der Waals surface area contributed by atoms with E-state index in [1.807, 2.05) is 0 Å². The van der Waals surface area contributed by atoms with Crippen molar-refractivity contribution in [3.63, 3.8) is 0 Å². The average Bonchev–Trinajstić information content (AvgIpc) is 2.76. The van der Waals surface area contributed by atoms with Crippen LogP contribution >= 0.6 is 0 Å². The molecule has 0 aromatic rings. The van der Waals surface area contributed by atoms with Gasteiger partial charge >= 0.3 is 5.97 Å². The predicted octanol–water partition coefficient (Wildman–Crippen LogP) is 8.56. The number of allylic oxidation sites excluding steroid dienone is 10. The summed E-state index contributed by atoms with van der Waals surface area (Å²) in [5.41, 5.74) is 0. The molecular formula is C28H44O2. The maximum absolute atomic E-state index is 11.8. The number of hydrogen-bond acceptors (Lipinski definition) is 2. The number of esters is 1. The van der Waals surface area contributed by atoms with Gasteiger partial charge in [0.2, 0.25) is 0 Å². The van der Waals surface area contributed by atoms with E-state index in [2.05, 4.69) is 67.7 Å². The normalized spacial score (nSPS) is 16.2. The Labute approximate surface area is 185 Å². The molecule has 0 heterocycles. The second-order valence-corrected chi connectivity index (χ2v) is 8.06. The van der Waals surface area contributed by atoms with E-state index >= 15 is 0 Å². The van der Waals surface area contributed by atoms with Crippen LogP contribution < -0.4 is 0 Å². The van der Waals surface area contributed by atoms with Gasteiger partial charge in [0.15, 0.2) is 0 Å². The molecule has 0 aliphatic heterocycles. The molecule has 30 heavy (non-hydrogen) atoms. The van der Waals surface area contributed by atoms with Crippen LogP contribution in [0.15, 0.2) is 60.8 Å². The molecule has 2 nitrogen and oxygen atoms in total. The average molecular weight is 413 g/mol. The van der Waals surface area contributed by atoms with E-state index < -0.39 is 0 Å². The fourth-order valence-corrected chi connectivity index (χ4v) is 3.50. The molecule has 0 saturated heterocycles. The van der Waals surface area contributed by atoms with E-state index in [-0.39, 0.29) is 12.1 Å². The van der Waals surface area contributed by atoms with E-state index in [9.17, 15) is 4.79 Å². The van der Waals surface area contributed by atoms with Crippen molar-refractivity contribution < 1.29 is 9.53 Å². The van der Waals surface area contributed by atoms with Crippen LogP contribution in [-0.4, -0.2) is 12.1 Å². The van der Waals surface area contributed by atoms with Crippen LogP contribution in [0.1, 0.15) is 103 Å². The quantitative estimate of drug-likeness (QED) is 0.144. The first-order chi connectivity index (χ1) is 14.8. The lowest BCUT2D eigenvalue weighted by atomic mass is 9.98. The maximum Gasteiger partial charge on any atom is 0.306 e. The van der Waals surface area contributed by atoms with Crippen LogP contribution in [0.2, 0.25) is 0 Å². The van der Waals surface area contributed by atoms with Crippen molar-refractivity contribution in [2.45, 2.75) is 109 Å². The monoisotopic (exact) mass is 412 g/mol. The molecule has 0 aromatic heterocycles. The van der Waals surface area contributed by atoms with Crippen LogP contribution in [0.3, 0.4) is 0 Å². The number of unbranched alkanes of at least 4 members (excludes halogenated alkanes) is 3. The highest BCUT2D eigenvalue weighted by Gasteiger charge is 2.17. The van der Waals surface area contributed by atoms with E-state index in [0.29, 0.717) is 6.42 Å². The fraction of sp³-hybridized carbons (Fsp3) is 0.607. The highest BCUT2D eigenvalue weighted by Crippen LogP contribution is 2.21. The number of rotatable bonds is 16. The van der Waals surface area contributed by atoms with Gasteiger partial charge in [-0.25, -0.2) is 0 Å². The SMILES string of the molecule is CC/C=C\C/C=C\C/C=C\C/C=C\C/C=C\CCCCCC(=O)OC1CCCCC1. The summed E-state index contributed by atoms with van der Waals surface area (Å²) in [7, 11) is 0. The summed E-state index contributed by atoms with van der Waals surface area (Å²) in [5, 5.41) is 0. The Bertz CT molecular complexity index is 545. The third kappa shape index (κ3) is 17.1. The van der Waals surface area contributed by atoms with Gasteiger partial charge in [-0.3, -0.25) is 4.79 Å². The molecule has 0 unspecified atom stereocenters. The topological polar surface area (TPSA) is 26.3 Å². The Balaban J connectivity index is 1.88. The Hall–Kier alpha value is -1.83. The van der Waals surface area contributed by atoms with Crippen molar-refractivity contribution in [2.75, 3.05) is 0 Å². The molecule has 2 heteroatoms. The van der Waals surface area contributed by atoms with Gasteiger partial charge in [0.25, 0.3) is 0 Å². The summed E-state index contributed by atoms with van der Waals surface area (Å²) in [6, 6.07) is 0. The molecular weight excluding hydrogens is 368 g/mol. The largest absolute Gasteiger partial charge is 0.462 e. The molecule has 0 radical (unpaired) electrons. The van der Waals surface area contributed by atoms with Crippen molar-refractivity contribution in [3.05, 3.63) is 60.8 Å². The van der Waals surface area contributed by atoms with Crippen LogP contribution in [0.4, 0.5) is 0 Å². The smallest absolute Gasteiger partial charge is 0.306 e. The Morgan fingerprint density at radius 1 is 0.700 bits per heavy atom. The zero-order valence-corrected chi connectivity index (χ0v) is 19.3. The lowest BCUT2D eigenvalue weighted by Crippen LogP contribution is -2.20. The maximum atomic E-state index is 11.8. The molecule has 0 spiro atoms. The Morgan fingerprint density at radius 3 is 1.80 bits per heavy atom. The van der Waals surface area contributed by atoms with E-state index in [4.69, 9.17) is 4.74 Å². The van der Waals surface area contributed by atoms with E-state index in [1.54, 1.807) is 0 Å². The van der Waals surface area contributed by atoms with Crippen LogP contribution in [0.25, 0.3) is 0 Å². The minimum atomic E-state index is 0.0109. The van der Waals surface area contributed by atoms with Gasteiger partial charge < -0.3 is 4.74 Å². The Kier molecular flexibility index (Phi) is 17.9. The van der Waals surface area contributed by atoms with Gasteiger partial charge in [0, 0.05) is 6.42 Å². The third-order valence-electron chi connectivity index (χ3n) is 5.26. The second-order valence-electron chi connectivity index (χ2n) is 8.06. The molecule has 1 rings (SSSR count). The van der Waals surface area contributed by atoms with E-state index in [0.717, 1.165) is 70.6 Å². The molecule has 0 bridgehead atoms. The molecule has 0 amide bonds. The van der Waals surface area contributed by atoms with Crippen molar-refractivity contribution in [1.82, 2.24) is 0 Å². The lowest BCUT2D eigenvalue weighted by molar-refractivity contribution is -0.150. The van der Waals surface area contributed by atoms with Crippen molar-refractivity contribution in [1.29, 1.82) is 0 Å². The van der Waals surface area contributed by atoms with Crippen LogP contribution in [-0.2, 0) is 9.53 Å². The highest BCUT2D eigenvalue weighted by molar-refractivity contribution is 5.69. The Morgan fingerprint density at radius 2 is 1.23 bits per heavy atom. The first-order valence-electron chi connectivity index (χ1n) is 12.3. The number of hydrogen-bond donors (Lipinski definition) is 0. The van der Waals surface area contributed by atoms with Crippen molar-refractivity contribution in [2.24, 2.45) is 0 Å². The fourth-order valence-electron chi connectivity index (χ4n) is 3.50. The first-order valence-corrected chi connectivity index (χ1v) is 12.3. The third-order valence-corrected chi connectivity index (χ3v) is 5.26. The van der Waals surface area contributed by atoms with Crippen LogP contribution in [0.5, 0.6) is 0 Å². The molecule has 1 aliphatic rings. The number of carbonyl (C=O) groups is 1. The van der Waals surface area contributed by atoms with Gasteiger partial charge in [-0.05, 0) is 77.0 Å². The molecule has 168 valence electrons. The highest BCUT2D eigenvalue weighted by atomic mass is 16.5. The zero-order chi connectivity index (χ0) is 21.5. The summed E-state index contributed by atoms with van der Waals surface area (Å²) in [4.78, 5) is 11.8. The molecule has 1 saturated carbocycles. The van der Waals surface area contributed by atoms with Gasteiger partial charge in [0.05, 0.1) is 0 Å². The first kappa shape index (κ1) is 26.2. The minimum absolute atomic E-state index is 0.0109. The minimum Gasteiger partial charge on any atom is -0.462 e. The second kappa shape index (κ2) is 20.4. The molecule has 0 N–H and O–H groups in total. The van der Waals surface area contributed by atoms with E-state index in [1.165, 1.54) is 19.3 Å². The summed E-state index contributed by atoms with van der Waals surface area (Å²) >= 11 is 0. The van der Waals surface area contributed by atoms with Crippen molar-refractivity contribution >= 4 is 5.97 Å². The predicted molar refractivity (Wildman–Crippen MR) is 131 cm³/mol. The van der Waals surface area contributed by atoms with Crippen molar-refractivity contribution in [3.8, 4) is 0 Å². The zero-order valence-electron chi connectivity index (χ0n) is 19.3. The van der Waals surface area contributed by atoms with Gasteiger partial charge in [0.1, 0.15) is 6.10 Å². The van der Waals surface area contributed by atoms with Gasteiger partial charge in [-0.15, -0.1) is 0 Å². The summed E-state index contributed by atoms with van der Waals surface area (Å²) in [6.45, 7) is 2.16. The summed E-state index contributed by atoms with van der Waals surface area (Å²) in [6.07, 6.45) is 38.4. The molecule has 1 fully saturated rings. The summed E-state index contributed by atoms with van der Waals surface area (Å²) in [5.74, 6) is 0.0109. The number of ether oxygens (including phenoxy) is 1. The lowest BCUT2D eigenvalue weighted by Gasteiger charge is -2.21. The standard InChI is InChI=1S/C28H44O2/c1-2-3-4-5-6-7-8-9-10-11-12-13-14-15-16-17-18-19-23-26-28(29)30-27-24-21-20-22-25-27/h3-4,6-7,9-10,12-13,15-16,27H,2,5,8,11,14,17-26H2,1H3/b4-3-,7-6-,10-9-,13-12-,16-15-. The summed E-state index contributed by atoms with van der Waals surface area (Å²) < 4.78 is 5.56. The van der Waals surface area contributed by atoms with Gasteiger partial charge in [-0.1, -0.05) is 80.5 Å². The number of carbonyl (C=O) groups excluding carboxylic acids is 1.